The summed E-state index contributed by atoms with van der Waals surface area (Å²) >= 11 is 17.1. The molecule has 1 rings (SSSR count). The van der Waals surface area contributed by atoms with E-state index < -0.39 is 0 Å². The first-order valence-electron chi connectivity index (χ1n) is 1.66. The van der Waals surface area contributed by atoms with Gasteiger partial charge in [-0.15, -0.1) is 24.0 Å². The van der Waals surface area contributed by atoms with Crippen LogP contribution in [0.5, 0.6) is 0 Å². The maximum absolute atomic E-state index is 8.17. The van der Waals surface area contributed by atoms with Crippen molar-refractivity contribution < 1.29 is 3.80 Å². The van der Waals surface area contributed by atoms with Gasteiger partial charge in [-0.25, -0.2) is 0 Å². The van der Waals surface area contributed by atoms with E-state index in [-0.39, 0.29) is 17.8 Å². The van der Waals surface area contributed by atoms with Crippen molar-refractivity contribution in [1.29, 1.82) is 0 Å². The Kier molecular flexibility index (Phi) is 8.55. The van der Waals surface area contributed by atoms with Gasteiger partial charge >= 0.3 is 20.0 Å². The van der Waals surface area contributed by atoms with Crippen LogP contribution in [0.2, 0.25) is 0 Å². The topological polar surface area (TPSA) is 17.1 Å². The van der Waals surface area contributed by atoms with Gasteiger partial charge in [0.1, 0.15) is 5.38 Å². The number of hydrogen-bond donors (Lipinski definition) is 0. The molecule has 0 saturated heterocycles. The molecule has 0 fully saturated rings. The standard InChI is InChI=1S/C3HCl3.Al.ClH.O/c4-1-2(5)3(1)6;;;/h1H;;1H;. The average molecular weight is 223 g/mol. The Morgan fingerprint density at radius 3 is 1.33 bits per heavy atom. The van der Waals surface area contributed by atoms with E-state index >= 15 is 0 Å². The van der Waals surface area contributed by atoms with Crippen LogP contribution in [-0.4, -0.2) is 21.6 Å². The summed E-state index contributed by atoms with van der Waals surface area (Å²) in [6, 6.07) is 0. The molecular formula is C3H2AlCl4O. The Balaban J connectivity index is 0. The normalized spacial score (nSPS) is 15.3. The Morgan fingerprint density at radius 2 is 1.33 bits per heavy atom. The number of hydrogen-bond acceptors (Lipinski definition) is 1. The SMILES string of the molecule is Cl.ClC1=C(Cl)C1Cl.[O]=[Al]. The van der Waals surface area contributed by atoms with Gasteiger partial charge < -0.3 is 0 Å². The minimum absolute atomic E-state index is 0. The van der Waals surface area contributed by atoms with Gasteiger partial charge in [0.15, 0.2) is 0 Å². The van der Waals surface area contributed by atoms with Crippen molar-refractivity contribution in [1.82, 2.24) is 0 Å². The van der Waals surface area contributed by atoms with E-state index in [0.29, 0.717) is 10.1 Å². The average Bonchev–Trinajstić information content (AvgIpc) is 2.30. The zero-order valence-corrected chi connectivity index (χ0v) is 8.34. The summed E-state index contributed by atoms with van der Waals surface area (Å²) in [4.78, 5) is 0. The fraction of sp³-hybridized carbons (Fsp3) is 0.333. The molecule has 0 spiro atoms. The first-order valence-corrected chi connectivity index (χ1v) is 3.32. The van der Waals surface area contributed by atoms with Crippen molar-refractivity contribution in [2.75, 3.05) is 0 Å². The summed E-state index contributed by atoms with van der Waals surface area (Å²) in [5, 5.41) is 1.05. The fourth-order valence-corrected chi connectivity index (χ4v) is 0.815. The van der Waals surface area contributed by atoms with E-state index in [4.69, 9.17) is 38.6 Å². The van der Waals surface area contributed by atoms with Crippen LogP contribution >= 0.6 is 47.2 Å². The second-order valence-electron chi connectivity index (χ2n) is 1.06. The molecule has 0 atom stereocenters. The fourth-order valence-electron chi connectivity index (χ4n) is 0.148. The van der Waals surface area contributed by atoms with E-state index in [9.17, 15) is 0 Å². The monoisotopic (exact) mass is 221 g/mol. The zero-order valence-electron chi connectivity index (χ0n) is 4.11. The predicted octanol–water partition coefficient (Wildman–Crippen LogP) is 2.22. The van der Waals surface area contributed by atoms with Crippen LogP contribution < -0.4 is 0 Å². The first-order chi connectivity index (χ1) is 3.73. The predicted molar refractivity (Wildman–Crippen MR) is 42.1 cm³/mol. The molecule has 0 bridgehead atoms. The van der Waals surface area contributed by atoms with Gasteiger partial charge in [-0.1, -0.05) is 23.2 Å². The van der Waals surface area contributed by atoms with Crippen LogP contribution in [0.25, 0.3) is 0 Å². The van der Waals surface area contributed by atoms with E-state index in [1.807, 2.05) is 0 Å². The minimum atomic E-state index is -0.145. The van der Waals surface area contributed by atoms with Crippen LogP contribution in [-0.2, 0) is 3.80 Å². The summed E-state index contributed by atoms with van der Waals surface area (Å²) in [5.74, 6) is 0. The summed E-state index contributed by atoms with van der Waals surface area (Å²) in [6.45, 7) is 0. The van der Waals surface area contributed by atoms with Gasteiger partial charge in [-0.05, 0) is 0 Å². The Labute approximate surface area is 82.4 Å². The molecule has 1 aliphatic carbocycles. The molecule has 51 valence electrons. The summed E-state index contributed by atoms with van der Waals surface area (Å²) in [6.07, 6.45) is 0. The second kappa shape index (κ2) is 5.98. The third-order valence-corrected chi connectivity index (χ3v) is 2.19. The van der Waals surface area contributed by atoms with E-state index in [0.717, 1.165) is 0 Å². The summed E-state index contributed by atoms with van der Waals surface area (Å²) in [5.41, 5.74) is 0. The molecule has 9 heavy (non-hydrogen) atoms. The number of allylic oxidation sites excluding steroid dienone is 2. The van der Waals surface area contributed by atoms with Crippen molar-refractivity contribution in [3.05, 3.63) is 10.1 Å². The number of halogens is 4. The molecule has 0 aromatic rings. The van der Waals surface area contributed by atoms with Crippen molar-refractivity contribution in [3.63, 3.8) is 0 Å². The van der Waals surface area contributed by atoms with E-state index in [1.165, 1.54) is 16.2 Å². The molecule has 1 radical (unpaired) electrons. The van der Waals surface area contributed by atoms with Crippen molar-refractivity contribution in [3.8, 4) is 0 Å². The second-order valence-corrected chi connectivity index (χ2v) is 2.31. The van der Waals surface area contributed by atoms with Gasteiger partial charge in [0, 0.05) is 0 Å². The third kappa shape index (κ3) is 3.83. The molecule has 0 aliphatic heterocycles. The Hall–Kier alpha value is 1.23. The first kappa shape index (κ1) is 12.9. The van der Waals surface area contributed by atoms with Crippen LogP contribution in [0.3, 0.4) is 0 Å². The maximum atomic E-state index is 8.17. The van der Waals surface area contributed by atoms with Crippen LogP contribution in [0.15, 0.2) is 10.1 Å². The summed E-state index contributed by atoms with van der Waals surface area (Å²) < 4.78 is 8.17. The van der Waals surface area contributed by atoms with Crippen molar-refractivity contribution in [2.45, 2.75) is 5.38 Å². The molecular weight excluding hydrogens is 221 g/mol. The molecule has 0 aromatic heterocycles. The zero-order chi connectivity index (χ0) is 6.73. The third-order valence-electron chi connectivity index (χ3n) is 0.590. The van der Waals surface area contributed by atoms with Crippen LogP contribution in [0.4, 0.5) is 0 Å². The molecule has 0 N–H and O–H groups in total. The van der Waals surface area contributed by atoms with Crippen molar-refractivity contribution in [2.24, 2.45) is 0 Å². The van der Waals surface area contributed by atoms with Crippen LogP contribution in [0.1, 0.15) is 0 Å². The van der Waals surface area contributed by atoms with Gasteiger partial charge in [-0.3, -0.25) is 0 Å². The molecule has 0 unspecified atom stereocenters. The quantitative estimate of drug-likeness (QED) is 0.454. The molecule has 0 aromatic carbocycles. The molecule has 0 saturated carbocycles. The summed E-state index contributed by atoms with van der Waals surface area (Å²) in [7, 11) is 0. The van der Waals surface area contributed by atoms with Gasteiger partial charge in [0.05, 0.1) is 10.1 Å². The molecule has 0 heterocycles. The van der Waals surface area contributed by atoms with Crippen LogP contribution in [0, 0.1) is 0 Å². The Bertz CT molecular complexity index is 113. The Morgan fingerprint density at radius 1 is 1.22 bits per heavy atom. The number of alkyl halides is 1. The number of rotatable bonds is 0. The molecule has 1 nitrogen and oxygen atoms in total. The molecule has 0 amide bonds. The van der Waals surface area contributed by atoms with E-state index in [2.05, 4.69) is 0 Å². The van der Waals surface area contributed by atoms with Crippen molar-refractivity contribution >= 4 is 63.4 Å². The molecule has 1 aliphatic rings. The van der Waals surface area contributed by atoms with E-state index in [1.54, 1.807) is 0 Å². The van der Waals surface area contributed by atoms with Gasteiger partial charge in [0.2, 0.25) is 0 Å². The molecule has 6 heteroatoms. The van der Waals surface area contributed by atoms with Gasteiger partial charge in [-0.2, -0.15) is 0 Å². The van der Waals surface area contributed by atoms with Gasteiger partial charge in [0.25, 0.3) is 0 Å².